The van der Waals surface area contributed by atoms with Crippen molar-refractivity contribution in [1.29, 1.82) is 0 Å². The van der Waals surface area contributed by atoms with Gasteiger partial charge in [-0.25, -0.2) is 9.37 Å². The Labute approximate surface area is 152 Å². The number of nitrogens with one attached hydrogen (secondary N) is 1. The predicted molar refractivity (Wildman–Crippen MR) is 90.4 cm³/mol. The van der Waals surface area contributed by atoms with Gasteiger partial charge >= 0.3 is 6.18 Å². The van der Waals surface area contributed by atoms with E-state index < -0.39 is 35.1 Å². The number of hydrogen-bond donors (Lipinski definition) is 1. The van der Waals surface area contributed by atoms with E-state index in [9.17, 15) is 22.4 Å². The lowest BCUT2D eigenvalue weighted by molar-refractivity contribution is -0.137. The lowest BCUT2D eigenvalue weighted by Gasteiger charge is -2.20. The molecule has 1 amide bonds. The van der Waals surface area contributed by atoms with Crippen molar-refractivity contribution >= 4 is 5.91 Å². The molecule has 1 aromatic heterocycles. The van der Waals surface area contributed by atoms with Crippen LogP contribution in [0.1, 0.15) is 33.4 Å². The molecular weight excluding hydrogens is 362 g/mol. The van der Waals surface area contributed by atoms with E-state index in [1.165, 1.54) is 42.6 Å². The molecule has 27 heavy (non-hydrogen) atoms. The van der Waals surface area contributed by atoms with E-state index in [2.05, 4.69) is 10.3 Å². The highest BCUT2D eigenvalue weighted by atomic mass is 19.4. The number of imidazole rings is 1. The van der Waals surface area contributed by atoms with Gasteiger partial charge in [-0.05, 0) is 29.8 Å². The van der Waals surface area contributed by atoms with Gasteiger partial charge in [-0.2, -0.15) is 13.2 Å². The Kier molecular flexibility index (Phi) is 4.98. The van der Waals surface area contributed by atoms with Crippen LogP contribution in [0, 0.1) is 5.82 Å². The summed E-state index contributed by atoms with van der Waals surface area (Å²) in [5.41, 5.74) is -1.03. The summed E-state index contributed by atoms with van der Waals surface area (Å²) < 4.78 is 54.5. The van der Waals surface area contributed by atoms with Crippen LogP contribution in [0.15, 0.2) is 60.9 Å². The minimum absolute atomic E-state index is 0.402. The molecule has 4 nitrogen and oxygen atoms in total. The van der Waals surface area contributed by atoms with Gasteiger partial charge in [0.15, 0.2) is 0 Å². The van der Waals surface area contributed by atoms with Gasteiger partial charge in [0.1, 0.15) is 17.7 Å². The van der Waals surface area contributed by atoms with Crippen LogP contribution in [0.4, 0.5) is 17.6 Å². The summed E-state index contributed by atoms with van der Waals surface area (Å²) in [6, 6.07) is 9.01. The maximum atomic E-state index is 13.3. The van der Waals surface area contributed by atoms with Crippen molar-refractivity contribution in [2.24, 2.45) is 7.05 Å². The number of carbonyl (C=O) groups is 1. The smallest absolute Gasteiger partial charge is 0.338 e. The van der Waals surface area contributed by atoms with E-state index in [0.29, 0.717) is 11.4 Å². The SMILES string of the molecule is Cn1ccnc1[C@H](NC(=O)c1ccccc1C(F)(F)F)c1ccc(F)cc1. The predicted octanol–water partition coefficient (Wildman–Crippen LogP) is 4.10. The highest BCUT2D eigenvalue weighted by molar-refractivity contribution is 5.96. The third-order valence-corrected chi connectivity index (χ3v) is 4.07. The second-order valence-corrected chi connectivity index (χ2v) is 5.90. The molecule has 0 saturated heterocycles. The Morgan fingerprint density at radius 1 is 1.11 bits per heavy atom. The molecule has 0 aliphatic carbocycles. The Bertz CT molecular complexity index is 948. The van der Waals surface area contributed by atoms with Gasteiger partial charge in [-0.15, -0.1) is 0 Å². The summed E-state index contributed by atoms with van der Waals surface area (Å²) in [5.74, 6) is -0.967. The Hall–Kier alpha value is -3.16. The van der Waals surface area contributed by atoms with E-state index in [4.69, 9.17) is 0 Å². The quantitative estimate of drug-likeness (QED) is 0.696. The summed E-state index contributed by atoms with van der Waals surface area (Å²) in [4.78, 5) is 16.8. The second-order valence-electron chi connectivity index (χ2n) is 5.90. The standard InChI is InChI=1S/C19H15F4N3O/c1-26-11-10-24-17(26)16(12-6-8-13(20)9-7-12)25-18(27)14-4-2-3-5-15(14)19(21,22)23/h2-11,16H,1H3,(H,25,27)/t16-/m1/s1. The monoisotopic (exact) mass is 377 g/mol. The average Bonchev–Trinajstić information content (AvgIpc) is 3.05. The molecule has 0 bridgehead atoms. The minimum Gasteiger partial charge on any atom is -0.338 e. The van der Waals surface area contributed by atoms with Crippen molar-refractivity contribution in [3.63, 3.8) is 0 Å². The molecule has 0 aliphatic rings. The maximum Gasteiger partial charge on any atom is 0.417 e. The topological polar surface area (TPSA) is 46.9 Å². The van der Waals surface area contributed by atoms with E-state index in [0.717, 1.165) is 12.1 Å². The highest BCUT2D eigenvalue weighted by Crippen LogP contribution is 2.32. The van der Waals surface area contributed by atoms with Crippen LogP contribution in [-0.2, 0) is 13.2 Å². The van der Waals surface area contributed by atoms with Gasteiger partial charge in [0.05, 0.1) is 11.1 Å². The van der Waals surface area contributed by atoms with Gasteiger partial charge in [0.2, 0.25) is 0 Å². The first kappa shape index (κ1) is 18.6. The first-order valence-electron chi connectivity index (χ1n) is 7.97. The van der Waals surface area contributed by atoms with E-state index in [-0.39, 0.29) is 0 Å². The third kappa shape index (κ3) is 3.99. The number of amides is 1. The fourth-order valence-electron chi connectivity index (χ4n) is 2.74. The minimum atomic E-state index is -4.66. The van der Waals surface area contributed by atoms with Crippen molar-refractivity contribution < 1.29 is 22.4 Å². The second kappa shape index (κ2) is 7.22. The van der Waals surface area contributed by atoms with E-state index in [1.54, 1.807) is 17.8 Å². The van der Waals surface area contributed by atoms with Crippen LogP contribution in [0.3, 0.4) is 0 Å². The third-order valence-electron chi connectivity index (χ3n) is 4.07. The van der Waals surface area contributed by atoms with Crippen molar-refractivity contribution in [3.05, 3.63) is 89.3 Å². The summed E-state index contributed by atoms with van der Waals surface area (Å²) >= 11 is 0. The molecule has 3 rings (SSSR count). The first-order valence-corrected chi connectivity index (χ1v) is 7.97. The van der Waals surface area contributed by atoms with Crippen molar-refractivity contribution in [2.75, 3.05) is 0 Å². The molecule has 0 unspecified atom stereocenters. The lowest BCUT2D eigenvalue weighted by atomic mass is 10.0. The number of alkyl halides is 3. The van der Waals surface area contributed by atoms with Crippen LogP contribution >= 0.6 is 0 Å². The molecule has 0 radical (unpaired) electrons. The molecule has 3 aromatic rings. The van der Waals surface area contributed by atoms with Crippen LogP contribution in [-0.4, -0.2) is 15.5 Å². The summed E-state index contributed by atoms with van der Waals surface area (Å²) in [6.07, 6.45) is -1.52. The number of halogens is 4. The summed E-state index contributed by atoms with van der Waals surface area (Å²) in [7, 11) is 1.69. The van der Waals surface area contributed by atoms with Crippen LogP contribution in [0.5, 0.6) is 0 Å². The maximum absolute atomic E-state index is 13.3. The molecule has 1 N–H and O–H groups in total. The molecule has 2 aromatic carbocycles. The number of aromatic nitrogens is 2. The Morgan fingerprint density at radius 3 is 2.37 bits per heavy atom. The zero-order valence-electron chi connectivity index (χ0n) is 14.2. The molecule has 0 saturated carbocycles. The fraction of sp³-hybridized carbons (Fsp3) is 0.158. The number of nitrogens with zero attached hydrogens (tertiary/aromatic N) is 2. The molecule has 1 atom stereocenters. The zero-order chi connectivity index (χ0) is 19.6. The normalized spacial score (nSPS) is 12.6. The molecule has 0 spiro atoms. The molecule has 0 aliphatic heterocycles. The van der Waals surface area contributed by atoms with Crippen molar-refractivity contribution in [1.82, 2.24) is 14.9 Å². The molecule has 8 heteroatoms. The van der Waals surface area contributed by atoms with E-state index >= 15 is 0 Å². The number of carbonyl (C=O) groups excluding carboxylic acids is 1. The van der Waals surface area contributed by atoms with Gasteiger partial charge < -0.3 is 9.88 Å². The van der Waals surface area contributed by atoms with Crippen molar-refractivity contribution in [2.45, 2.75) is 12.2 Å². The number of aryl methyl sites for hydroxylation is 1. The average molecular weight is 377 g/mol. The van der Waals surface area contributed by atoms with Crippen molar-refractivity contribution in [3.8, 4) is 0 Å². The molecular formula is C19H15F4N3O. The molecule has 140 valence electrons. The molecule has 0 fully saturated rings. The van der Waals surface area contributed by atoms with Gasteiger partial charge in [0.25, 0.3) is 5.91 Å². The van der Waals surface area contributed by atoms with Crippen LogP contribution in [0.2, 0.25) is 0 Å². The van der Waals surface area contributed by atoms with Gasteiger partial charge in [0, 0.05) is 19.4 Å². The number of benzene rings is 2. The number of hydrogen-bond acceptors (Lipinski definition) is 2. The zero-order valence-corrected chi connectivity index (χ0v) is 14.2. The number of rotatable bonds is 4. The first-order chi connectivity index (χ1) is 12.8. The van der Waals surface area contributed by atoms with Gasteiger partial charge in [-0.3, -0.25) is 4.79 Å². The summed E-state index contributed by atoms with van der Waals surface area (Å²) in [6.45, 7) is 0. The Balaban J connectivity index is 2.00. The molecule has 1 heterocycles. The van der Waals surface area contributed by atoms with Crippen LogP contribution < -0.4 is 5.32 Å². The fourth-order valence-corrected chi connectivity index (χ4v) is 2.74. The lowest BCUT2D eigenvalue weighted by Crippen LogP contribution is -2.32. The van der Waals surface area contributed by atoms with Gasteiger partial charge in [-0.1, -0.05) is 24.3 Å². The largest absolute Gasteiger partial charge is 0.417 e. The van der Waals surface area contributed by atoms with Crippen LogP contribution in [0.25, 0.3) is 0 Å². The Morgan fingerprint density at radius 2 is 1.78 bits per heavy atom. The highest BCUT2D eigenvalue weighted by Gasteiger charge is 2.35. The summed E-state index contributed by atoms with van der Waals surface area (Å²) in [5, 5.41) is 2.58. The van der Waals surface area contributed by atoms with E-state index in [1.807, 2.05) is 0 Å².